The van der Waals surface area contributed by atoms with Crippen molar-refractivity contribution in [3.8, 4) is 17.4 Å². The second kappa shape index (κ2) is 6.40. The quantitative estimate of drug-likeness (QED) is 0.941. The number of nitrogens with one attached hydrogen (secondary N) is 1. The fraction of sp³-hybridized carbons (Fsp3) is 0.471. The van der Waals surface area contributed by atoms with Gasteiger partial charge in [-0.05, 0) is 39.0 Å². The van der Waals surface area contributed by atoms with Gasteiger partial charge in [-0.15, -0.1) is 0 Å². The summed E-state index contributed by atoms with van der Waals surface area (Å²) in [6, 6.07) is 5.95. The molecular weight excluding hydrogens is 280 g/mol. The van der Waals surface area contributed by atoms with Crippen molar-refractivity contribution in [2.24, 2.45) is 0 Å². The van der Waals surface area contributed by atoms with E-state index in [9.17, 15) is 0 Å². The fourth-order valence-corrected chi connectivity index (χ4v) is 2.66. The number of hydrogen-bond acceptors (Lipinski definition) is 5. The van der Waals surface area contributed by atoms with Crippen molar-refractivity contribution >= 4 is 10.9 Å². The summed E-state index contributed by atoms with van der Waals surface area (Å²) < 4.78 is 17.4. The van der Waals surface area contributed by atoms with Gasteiger partial charge in [0.2, 0.25) is 5.88 Å². The highest BCUT2D eigenvalue weighted by molar-refractivity contribution is 5.91. The van der Waals surface area contributed by atoms with E-state index >= 15 is 0 Å². The molecule has 5 nitrogen and oxygen atoms in total. The average Bonchev–Trinajstić information content (AvgIpc) is 2.68. The Balaban J connectivity index is 2.18. The SMILES string of the molecule is CCOc1ccc(OCC)c2nc3c(cc12)CNC[C@@H](C)O3. The molecule has 1 N–H and O–H groups in total. The van der Waals surface area contributed by atoms with Crippen molar-refractivity contribution in [3.63, 3.8) is 0 Å². The van der Waals surface area contributed by atoms with Gasteiger partial charge in [0.1, 0.15) is 23.1 Å². The number of hydrogen-bond donors (Lipinski definition) is 1. The van der Waals surface area contributed by atoms with Crippen LogP contribution in [0.2, 0.25) is 0 Å². The standard InChI is InChI=1S/C17H22N2O3/c1-4-20-14-6-7-15(21-5-2)16-13(14)8-12-10-18-9-11(3)22-17(12)19-16/h6-8,11,18H,4-5,9-10H2,1-3H3/t11-/m1/s1. The molecule has 0 aliphatic carbocycles. The molecule has 1 atom stereocenters. The smallest absolute Gasteiger partial charge is 0.218 e. The molecule has 5 heteroatoms. The van der Waals surface area contributed by atoms with Gasteiger partial charge in [-0.25, -0.2) is 4.98 Å². The number of aromatic nitrogens is 1. The first kappa shape index (κ1) is 14.9. The molecule has 0 radical (unpaired) electrons. The van der Waals surface area contributed by atoms with Crippen LogP contribution in [-0.2, 0) is 6.54 Å². The monoisotopic (exact) mass is 302 g/mol. The van der Waals surface area contributed by atoms with E-state index in [0.717, 1.165) is 41.1 Å². The van der Waals surface area contributed by atoms with Gasteiger partial charge in [0.15, 0.2) is 0 Å². The number of pyridine rings is 1. The first-order chi connectivity index (χ1) is 10.7. The highest BCUT2D eigenvalue weighted by Crippen LogP contribution is 2.36. The van der Waals surface area contributed by atoms with E-state index in [1.54, 1.807) is 0 Å². The Morgan fingerprint density at radius 2 is 1.95 bits per heavy atom. The Kier molecular flexibility index (Phi) is 4.34. The third kappa shape index (κ3) is 2.81. The predicted octanol–water partition coefficient (Wildman–Crippen LogP) is 2.90. The molecule has 22 heavy (non-hydrogen) atoms. The minimum absolute atomic E-state index is 0.0943. The van der Waals surface area contributed by atoms with Crippen LogP contribution in [-0.4, -0.2) is 30.8 Å². The lowest BCUT2D eigenvalue weighted by molar-refractivity contribution is 0.218. The van der Waals surface area contributed by atoms with Crippen molar-refractivity contribution in [1.82, 2.24) is 10.3 Å². The maximum atomic E-state index is 5.93. The molecule has 0 saturated heterocycles. The lowest BCUT2D eigenvalue weighted by atomic mass is 10.1. The highest BCUT2D eigenvalue weighted by Gasteiger charge is 2.19. The zero-order valence-electron chi connectivity index (χ0n) is 13.3. The Labute approximate surface area is 130 Å². The molecule has 0 spiro atoms. The largest absolute Gasteiger partial charge is 0.493 e. The number of fused-ring (bicyclic) bond motifs is 2. The van der Waals surface area contributed by atoms with E-state index in [2.05, 4.69) is 11.4 Å². The van der Waals surface area contributed by atoms with Crippen molar-refractivity contribution in [2.75, 3.05) is 19.8 Å². The van der Waals surface area contributed by atoms with E-state index in [1.807, 2.05) is 32.9 Å². The van der Waals surface area contributed by atoms with Crippen LogP contribution in [0.3, 0.4) is 0 Å². The van der Waals surface area contributed by atoms with E-state index < -0.39 is 0 Å². The third-order valence-electron chi connectivity index (χ3n) is 3.61. The van der Waals surface area contributed by atoms with Gasteiger partial charge in [0.25, 0.3) is 0 Å². The summed E-state index contributed by atoms with van der Waals surface area (Å²) in [5.74, 6) is 2.27. The Morgan fingerprint density at radius 3 is 2.73 bits per heavy atom. The van der Waals surface area contributed by atoms with Crippen LogP contribution < -0.4 is 19.5 Å². The van der Waals surface area contributed by atoms with Crippen LogP contribution in [0.15, 0.2) is 18.2 Å². The van der Waals surface area contributed by atoms with E-state index in [1.165, 1.54) is 0 Å². The molecule has 1 aromatic heterocycles. The van der Waals surface area contributed by atoms with Crippen LogP contribution in [0, 0.1) is 0 Å². The van der Waals surface area contributed by atoms with Crippen molar-refractivity contribution in [3.05, 3.63) is 23.8 Å². The number of ether oxygens (including phenoxy) is 3. The van der Waals surface area contributed by atoms with Gasteiger partial charge in [-0.3, -0.25) is 0 Å². The number of benzene rings is 1. The van der Waals surface area contributed by atoms with Crippen molar-refractivity contribution in [1.29, 1.82) is 0 Å². The normalized spacial score (nSPS) is 17.5. The van der Waals surface area contributed by atoms with Crippen molar-refractivity contribution < 1.29 is 14.2 Å². The zero-order chi connectivity index (χ0) is 15.5. The van der Waals surface area contributed by atoms with Crippen LogP contribution in [0.1, 0.15) is 26.3 Å². The summed E-state index contributed by atoms with van der Waals surface area (Å²) in [6.45, 7) is 8.75. The Hall–Kier alpha value is -2.01. The summed E-state index contributed by atoms with van der Waals surface area (Å²) >= 11 is 0. The Morgan fingerprint density at radius 1 is 1.23 bits per heavy atom. The van der Waals surface area contributed by atoms with Gasteiger partial charge in [-0.1, -0.05) is 0 Å². The summed E-state index contributed by atoms with van der Waals surface area (Å²) in [5.41, 5.74) is 1.84. The minimum atomic E-state index is 0.0943. The van der Waals surface area contributed by atoms with E-state index in [-0.39, 0.29) is 6.10 Å². The lowest BCUT2D eigenvalue weighted by Gasteiger charge is -2.15. The molecule has 3 rings (SSSR count). The van der Waals surface area contributed by atoms with Gasteiger partial charge in [0.05, 0.1) is 13.2 Å². The van der Waals surface area contributed by atoms with Gasteiger partial charge in [-0.2, -0.15) is 0 Å². The predicted molar refractivity (Wildman–Crippen MR) is 85.9 cm³/mol. The molecule has 0 bridgehead atoms. The maximum absolute atomic E-state index is 5.93. The molecule has 1 aliphatic rings. The molecule has 2 heterocycles. The Bertz CT molecular complexity index is 672. The molecule has 1 aromatic carbocycles. The molecule has 0 unspecified atom stereocenters. The summed E-state index contributed by atoms with van der Waals surface area (Å²) in [5, 5.41) is 4.34. The van der Waals surface area contributed by atoms with Gasteiger partial charge >= 0.3 is 0 Å². The fourth-order valence-electron chi connectivity index (χ4n) is 2.66. The molecule has 0 amide bonds. The third-order valence-corrected chi connectivity index (χ3v) is 3.61. The molecule has 1 aliphatic heterocycles. The first-order valence-corrected chi connectivity index (χ1v) is 7.82. The van der Waals surface area contributed by atoms with E-state index in [4.69, 9.17) is 19.2 Å². The van der Waals surface area contributed by atoms with Crippen LogP contribution in [0.5, 0.6) is 17.4 Å². The molecular formula is C17H22N2O3. The van der Waals surface area contributed by atoms with Gasteiger partial charge < -0.3 is 19.5 Å². The van der Waals surface area contributed by atoms with Crippen LogP contribution in [0.25, 0.3) is 10.9 Å². The minimum Gasteiger partial charge on any atom is -0.493 e. The molecule has 0 saturated carbocycles. The first-order valence-electron chi connectivity index (χ1n) is 7.82. The number of nitrogens with zero attached hydrogens (tertiary/aromatic N) is 1. The maximum Gasteiger partial charge on any atom is 0.218 e. The molecule has 118 valence electrons. The van der Waals surface area contributed by atoms with Crippen LogP contribution >= 0.6 is 0 Å². The average molecular weight is 302 g/mol. The topological polar surface area (TPSA) is 52.6 Å². The second-order valence-corrected chi connectivity index (χ2v) is 5.34. The summed E-state index contributed by atoms with van der Waals surface area (Å²) in [6.07, 6.45) is 0.0943. The van der Waals surface area contributed by atoms with Crippen LogP contribution in [0.4, 0.5) is 0 Å². The second-order valence-electron chi connectivity index (χ2n) is 5.34. The number of rotatable bonds is 4. The lowest BCUT2D eigenvalue weighted by Crippen LogP contribution is -2.25. The summed E-state index contributed by atoms with van der Waals surface area (Å²) in [7, 11) is 0. The van der Waals surface area contributed by atoms with E-state index in [0.29, 0.717) is 19.1 Å². The van der Waals surface area contributed by atoms with Crippen molar-refractivity contribution in [2.45, 2.75) is 33.4 Å². The zero-order valence-corrected chi connectivity index (χ0v) is 13.3. The highest BCUT2D eigenvalue weighted by atomic mass is 16.5. The molecule has 0 fully saturated rings. The van der Waals surface area contributed by atoms with Gasteiger partial charge in [0, 0.05) is 24.0 Å². The molecule has 2 aromatic rings. The summed E-state index contributed by atoms with van der Waals surface area (Å²) in [4.78, 5) is 4.72.